The maximum atomic E-state index is 12.1. The van der Waals surface area contributed by atoms with Crippen LogP contribution in [0.5, 0.6) is 0 Å². The summed E-state index contributed by atoms with van der Waals surface area (Å²) in [7, 11) is 0. The summed E-state index contributed by atoms with van der Waals surface area (Å²) in [5, 5.41) is 6.19. The molecule has 0 radical (unpaired) electrons. The fraction of sp³-hybridized carbons (Fsp3) is 0.500. The number of anilines is 2. The van der Waals surface area contributed by atoms with Crippen LogP contribution < -0.4 is 16.4 Å². The normalized spacial score (nSPS) is 11.4. The maximum Gasteiger partial charge on any atom is 0.253 e. The molecule has 0 atom stereocenters. The molecule has 0 spiro atoms. The Morgan fingerprint density at radius 2 is 1.89 bits per heavy atom. The first kappa shape index (κ1) is 14.4. The number of rotatable bonds is 3. The van der Waals surface area contributed by atoms with Gasteiger partial charge in [-0.3, -0.25) is 4.79 Å². The van der Waals surface area contributed by atoms with Crippen molar-refractivity contribution in [3.63, 3.8) is 0 Å². The zero-order chi connectivity index (χ0) is 13.9. The van der Waals surface area contributed by atoms with Crippen molar-refractivity contribution in [3.8, 4) is 0 Å². The lowest BCUT2D eigenvalue weighted by Crippen LogP contribution is -2.32. The first-order valence-electron chi connectivity index (χ1n) is 6.17. The van der Waals surface area contributed by atoms with Gasteiger partial charge in [0.05, 0.1) is 5.56 Å². The molecule has 0 bridgehead atoms. The van der Waals surface area contributed by atoms with E-state index in [0.717, 1.165) is 5.69 Å². The molecule has 0 aromatic heterocycles. The summed E-state index contributed by atoms with van der Waals surface area (Å²) in [5.74, 6) is -0.107. The standard InChI is InChI=1S/C14H23N3O/c1-9(2)16-13(18)11-8-10(15)6-7-12(11)17-14(3,4)5/h6-9,17H,15H2,1-5H3,(H,16,18). The zero-order valence-electron chi connectivity index (χ0n) is 11.8. The summed E-state index contributed by atoms with van der Waals surface area (Å²) in [6, 6.07) is 5.43. The molecule has 100 valence electrons. The molecule has 0 aliphatic heterocycles. The van der Waals surface area contributed by atoms with Crippen molar-refractivity contribution in [2.24, 2.45) is 0 Å². The van der Waals surface area contributed by atoms with Gasteiger partial charge in [-0.1, -0.05) is 0 Å². The summed E-state index contributed by atoms with van der Waals surface area (Å²) >= 11 is 0. The number of hydrogen-bond acceptors (Lipinski definition) is 3. The molecule has 1 aromatic rings. The number of carbonyl (C=O) groups excluding carboxylic acids is 1. The predicted molar refractivity (Wildman–Crippen MR) is 76.8 cm³/mol. The van der Waals surface area contributed by atoms with Gasteiger partial charge in [-0.15, -0.1) is 0 Å². The van der Waals surface area contributed by atoms with Crippen LogP contribution in [0, 0.1) is 0 Å². The van der Waals surface area contributed by atoms with Crippen LogP contribution in [-0.2, 0) is 0 Å². The van der Waals surface area contributed by atoms with Crippen molar-refractivity contribution in [2.45, 2.75) is 46.2 Å². The van der Waals surface area contributed by atoms with Gasteiger partial charge in [0, 0.05) is 23.0 Å². The Morgan fingerprint density at radius 1 is 1.28 bits per heavy atom. The molecule has 0 aliphatic rings. The van der Waals surface area contributed by atoms with Gasteiger partial charge >= 0.3 is 0 Å². The van der Waals surface area contributed by atoms with Crippen LogP contribution >= 0.6 is 0 Å². The fourth-order valence-electron chi connectivity index (χ4n) is 1.60. The minimum Gasteiger partial charge on any atom is -0.399 e. The van der Waals surface area contributed by atoms with E-state index in [1.807, 2.05) is 40.7 Å². The highest BCUT2D eigenvalue weighted by atomic mass is 16.1. The van der Waals surface area contributed by atoms with Gasteiger partial charge in [-0.2, -0.15) is 0 Å². The van der Waals surface area contributed by atoms with Gasteiger partial charge in [0.1, 0.15) is 0 Å². The molecule has 4 heteroatoms. The smallest absolute Gasteiger partial charge is 0.253 e. The van der Waals surface area contributed by atoms with E-state index < -0.39 is 0 Å². The maximum absolute atomic E-state index is 12.1. The van der Waals surface area contributed by atoms with Crippen LogP contribution in [0.2, 0.25) is 0 Å². The predicted octanol–water partition coefficient (Wildman–Crippen LogP) is 2.62. The number of nitrogen functional groups attached to an aromatic ring is 1. The number of benzene rings is 1. The van der Waals surface area contributed by atoms with E-state index in [1.54, 1.807) is 12.1 Å². The Bertz CT molecular complexity index is 433. The van der Waals surface area contributed by atoms with Crippen LogP contribution in [0.25, 0.3) is 0 Å². The molecule has 18 heavy (non-hydrogen) atoms. The Balaban J connectivity index is 3.07. The van der Waals surface area contributed by atoms with Crippen LogP contribution in [-0.4, -0.2) is 17.5 Å². The SMILES string of the molecule is CC(C)NC(=O)c1cc(N)ccc1NC(C)(C)C. The van der Waals surface area contributed by atoms with Crippen molar-refractivity contribution in [1.29, 1.82) is 0 Å². The summed E-state index contributed by atoms with van der Waals surface area (Å²) < 4.78 is 0. The highest BCUT2D eigenvalue weighted by molar-refractivity contribution is 6.00. The van der Waals surface area contributed by atoms with E-state index in [4.69, 9.17) is 5.73 Å². The van der Waals surface area contributed by atoms with Crippen LogP contribution in [0.15, 0.2) is 18.2 Å². The summed E-state index contributed by atoms with van der Waals surface area (Å²) in [4.78, 5) is 12.1. The van der Waals surface area contributed by atoms with E-state index in [-0.39, 0.29) is 17.5 Å². The average molecular weight is 249 g/mol. The van der Waals surface area contributed by atoms with Crippen molar-refractivity contribution < 1.29 is 4.79 Å². The monoisotopic (exact) mass is 249 g/mol. The highest BCUT2D eigenvalue weighted by Crippen LogP contribution is 2.22. The second-order valence-corrected chi connectivity index (χ2v) is 5.81. The lowest BCUT2D eigenvalue weighted by Gasteiger charge is -2.24. The number of amides is 1. The summed E-state index contributed by atoms with van der Waals surface area (Å²) in [5.41, 5.74) is 7.61. The number of carbonyl (C=O) groups is 1. The van der Waals surface area contributed by atoms with Crippen molar-refractivity contribution in [2.75, 3.05) is 11.1 Å². The zero-order valence-corrected chi connectivity index (χ0v) is 11.8. The third-order valence-corrected chi connectivity index (χ3v) is 2.22. The van der Waals surface area contributed by atoms with E-state index >= 15 is 0 Å². The Kier molecular flexibility index (Phi) is 4.22. The molecule has 0 unspecified atom stereocenters. The van der Waals surface area contributed by atoms with Gasteiger partial charge in [-0.05, 0) is 52.8 Å². The fourth-order valence-corrected chi connectivity index (χ4v) is 1.60. The number of hydrogen-bond donors (Lipinski definition) is 3. The van der Waals surface area contributed by atoms with Crippen molar-refractivity contribution in [1.82, 2.24) is 5.32 Å². The summed E-state index contributed by atoms with van der Waals surface area (Å²) in [6.07, 6.45) is 0. The minimum absolute atomic E-state index is 0.0985. The van der Waals surface area contributed by atoms with E-state index in [1.165, 1.54) is 0 Å². The molecule has 0 fully saturated rings. The Hall–Kier alpha value is -1.71. The molecular formula is C14H23N3O. The number of nitrogens with two attached hydrogens (primary N) is 1. The first-order chi connectivity index (χ1) is 8.19. The third kappa shape index (κ3) is 4.28. The average Bonchev–Trinajstić information content (AvgIpc) is 2.17. The van der Waals surface area contributed by atoms with Gasteiger partial charge in [0.25, 0.3) is 5.91 Å². The van der Waals surface area contributed by atoms with Crippen molar-refractivity contribution in [3.05, 3.63) is 23.8 Å². The molecule has 1 aromatic carbocycles. The van der Waals surface area contributed by atoms with Crippen LogP contribution in [0.4, 0.5) is 11.4 Å². The molecule has 4 N–H and O–H groups in total. The largest absolute Gasteiger partial charge is 0.399 e. The van der Waals surface area contributed by atoms with E-state index in [0.29, 0.717) is 11.3 Å². The van der Waals surface area contributed by atoms with Gasteiger partial charge in [0.2, 0.25) is 0 Å². The molecule has 1 rings (SSSR count). The second kappa shape index (κ2) is 5.29. The molecule has 0 aliphatic carbocycles. The minimum atomic E-state index is -0.108. The lowest BCUT2D eigenvalue weighted by molar-refractivity contribution is 0.0944. The molecule has 0 saturated heterocycles. The molecule has 0 heterocycles. The quantitative estimate of drug-likeness (QED) is 0.721. The third-order valence-electron chi connectivity index (χ3n) is 2.22. The first-order valence-corrected chi connectivity index (χ1v) is 6.17. The molecule has 4 nitrogen and oxygen atoms in total. The molecule has 0 saturated carbocycles. The van der Waals surface area contributed by atoms with E-state index in [2.05, 4.69) is 10.6 Å². The topological polar surface area (TPSA) is 67.2 Å². The van der Waals surface area contributed by atoms with Crippen molar-refractivity contribution >= 4 is 17.3 Å². The molecule has 1 amide bonds. The summed E-state index contributed by atoms with van der Waals surface area (Å²) in [6.45, 7) is 10.0. The lowest BCUT2D eigenvalue weighted by atomic mass is 10.1. The van der Waals surface area contributed by atoms with Gasteiger partial charge < -0.3 is 16.4 Å². The number of nitrogens with one attached hydrogen (secondary N) is 2. The van der Waals surface area contributed by atoms with Gasteiger partial charge in [0.15, 0.2) is 0 Å². The molecular weight excluding hydrogens is 226 g/mol. The van der Waals surface area contributed by atoms with E-state index in [9.17, 15) is 4.79 Å². The second-order valence-electron chi connectivity index (χ2n) is 5.81. The van der Waals surface area contributed by atoms with Crippen LogP contribution in [0.1, 0.15) is 45.0 Å². The van der Waals surface area contributed by atoms with Crippen LogP contribution in [0.3, 0.4) is 0 Å². The highest BCUT2D eigenvalue weighted by Gasteiger charge is 2.17. The van der Waals surface area contributed by atoms with Gasteiger partial charge in [-0.25, -0.2) is 0 Å². The Labute approximate surface area is 109 Å². The Morgan fingerprint density at radius 3 is 2.39 bits per heavy atom.